The summed E-state index contributed by atoms with van der Waals surface area (Å²) in [6.45, 7) is -0.0531. The zero-order valence-electron chi connectivity index (χ0n) is 7.14. The normalized spacial score (nSPS) is 10.7. The third kappa shape index (κ3) is 1.32. The van der Waals surface area contributed by atoms with Crippen LogP contribution in [0.25, 0.3) is 5.65 Å². The highest BCUT2D eigenvalue weighted by atomic mass is 79.9. The van der Waals surface area contributed by atoms with Gasteiger partial charge in [0.25, 0.3) is 0 Å². The molecule has 0 amide bonds. The van der Waals surface area contributed by atoms with Gasteiger partial charge in [0, 0.05) is 6.20 Å². The van der Waals surface area contributed by atoms with Crippen molar-refractivity contribution in [2.24, 2.45) is 5.73 Å². The lowest BCUT2D eigenvalue weighted by molar-refractivity contribution is 0.0996. The third-order valence-electron chi connectivity index (χ3n) is 1.79. The van der Waals surface area contributed by atoms with Crippen molar-refractivity contribution in [2.45, 2.75) is 0 Å². The molecule has 2 aromatic rings. The molecule has 0 aliphatic heterocycles. The molecule has 0 saturated carbocycles. The van der Waals surface area contributed by atoms with Crippen molar-refractivity contribution in [2.75, 3.05) is 6.54 Å². The van der Waals surface area contributed by atoms with Gasteiger partial charge in [-0.3, -0.25) is 4.79 Å². The lowest BCUT2D eigenvalue weighted by atomic mass is 10.3. The molecule has 2 N–H and O–H groups in total. The quantitative estimate of drug-likeness (QED) is 0.799. The average Bonchev–Trinajstić information content (AvgIpc) is 2.56. The second-order valence-electron chi connectivity index (χ2n) is 2.67. The fraction of sp³-hybridized carbons (Fsp3) is 0.125. The highest BCUT2D eigenvalue weighted by Gasteiger charge is 2.15. The van der Waals surface area contributed by atoms with Crippen LogP contribution in [0.5, 0.6) is 0 Å². The van der Waals surface area contributed by atoms with Gasteiger partial charge >= 0.3 is 0 Å². The Morgan fingerprint density at radius 3 is 3.07 bits per heavy atom. The average molecular weight is 255 g/mol. The van der Waals surface area contributed by atoms with E-state index in [1.165, 1.54) is 0 Å². The number of nitrogens with zero attached hydrogens (tertiary/aromatic N) is 3. The van der Waals surface area contributed by atoms with E-state index in [0.29, 0.717) is 15.9 Å². The SMILES string of the molecule is NCC(=O)c1nc2cccnn2c1Br. The van der Waals surface area contributed by atoms with Gasteiger partial charge in [-0.1, -0.05) is 0 Å². The van der Waals surface area contributed by atoms with E-state index < -0.39 is 0 Å². The van der Waals surface area contributed by atoms with Crippen LogP contribution in [0, 0.1) is 0 Å². The Bertz CT molecular complexity index is 493. The molecule has 0 aromatic carbocycles. The molecule has 0 unspecified atom stereocenters. The van der Waals surface area contributed by atoms with Crippen LogP contribution in [0.2, 0.25) is 0 Å². The van der Waals surface area contributed by atoms with E-state index >= 15 is 0 Å². The maximum absolute atomic E-state index is 11.3. The third-order valence-corrected chi connectivity index (χ3v) is 2.50. The van der Waals surface area contributed by atoms with Gasteiger partial charge in [0.2, 0.25) is 0 Å². The topological polar surface area (TPSA) is 73.3 Å². The van der Waals surface area contributed by atoms with E-state index in [1.54, 1.807) is 22.8 Å². The number of carbonyl (C=O) groups excluding carboxylic acids is 1. The van der Waals surface area contributed by atoms with E-state index in [1.807, 2.05) is 0 Å². The first-order chi connectivity index (χ1) is 6.74. The van der Waals surface area contributed by atoms with Gasteiger partial charge in [0.05, 0.1) is 6.54 Å². The Balaban J connectivity index is 2.68. The van der Waals surface area contributed by atoms with Gasteiger partial charge in [-0.25, -0.2) is 9.50 Å². The first-order valence-electron chi connectivity index (χ1n) is 3.96. The molecular weight excluding hydrogens is 248 g/mol. The molecule has 0 aliphatic rings. The number of halogens is 1. The van der Waals surface area contributed by atoms with Gasteiger partial charge in [-0.05, 0) is 28.1 Å². The Morgan fingerprint density at radius 2 is 2.43 bits per heavy atom. The molecule has 14 heavy (non-hydrogen) atoms. The maximum Gasteiger partial charge on any atom is 0.197 e. The number of hydrogen-bond acceptors (Lipinski definition) is 4. The Labute approximate surface area is 88.1 Å². The van der Waals surface area contributed by atoms with Gasteiger partial charge in [0.1, 0.15) is 10.3 Å². The molecule has 2 aromatic heterocycles. The molecule has 0 spiro atoms. The van der Waals surface area contributed by atoms with Crippen LogP contribution in [0.3, 0.4) is 0 Å². The Kier molecular flexibility index (Phi) is 2.30. The number of carbonyl (C=O) groups is 1. The summed E-state index contributed by atoms with van der Waals surface area (Å²) in [5.41, 5.74) is 6.20. The number of aromatic nitrogens is 3. The van der Waals surface area contributed by atoms with Gasteiger partial charge in [0.15, 0.2) is 11.4 Å². The monoisotopic (exact) mass is 254 g/mol. The number of imidazole rings is 1. The molecule has 0 fully saturated rings. The molecule has 0 radical (unpaired) electrons. The van der Waals surface area contributed by atoms with E-state index in [4.69, 9.17) is 5.73 Å². The van der Waals surface area contributed by atoms with Crippen molar-refractivity contribution in [1.29, 1.82) is 0 Å². The Morgan fingerprint density at radius 1 is 1.64 bits per heavy atom. The van der Waals surface area contributed by atoms with Gasteiger partial charge in [-0.15, -0.1) is 0 Å². The second kappa shape index (κ2) is 3.47. The fourth-order valence-electron chi connectivity index (χ4n) is 1.13. The number of hydrogen-bond donors (Lipinski definition) is 1. The summed E-state index contributed by atoms with van der Waals surface area (Å²) in [6, 6.07) is 3.52. The number of nitrogens with two attached hydrogens (primary N) is 1. The molecule has 2 rings (SSSR count). The minimum absolute atomic E-state index is 0.0531. The van der Waals surface area contributed by atoms with Crippen LogP contribution in [0.4, 0.5) is 0 Å². The lowest BCUT2D eigenvalue weighted by Gasteiger charge is -1.92. The summed E-state index contributed by atoms with van der Waals surface area (Å²) in [7, 11) is 0. The van der Waals surface area contributed by atoms with Crippen molar-refractivity contribution < 1.29 is 4.79 Å². The lowest BCUT2D eigenvalue weighted by Crippen LogP contribution is -2.14. The predicted molar refractivity (Wildman–Crippen MR) is 54.1 cm³/mol. The van der Waals surface area contributed by atoms with E-state index in [0.717, 1.165) is 0 Å². The van der Waals surface area contributed by atoms with Crippen LogP contribution >= 0.6 is 15.9 Å². The van der Waals surface area contributed by atoms with Crippen LogP contribution < -0.4 is 5.73 Å². The van der Waals surface area contributed by atoms with Gasteiger partial charge in [-0.2, -0.15) is 5.10 Å². The molecule has 5 nitrogen and oxygen atoms in total. The summed E-state index contributed by atoms with van der Waals surface area (Å²) in [4.78, 5) is 15.5. The minimum Gasteiger partial charge on any atom is -0.324 e. The number of fused-ring (bicyclic) bond motifs is 1. The highest BCUT2D eigenvalue weighted by Crippen LogP contribution is 2.17. The number of Topliss-reactive ketones (excluding diaryl/α,β-unsaturated/α-hetero) is 1. The van der Waals surface area contributed by atoms with Crippen LogP contribution in [-0.4, -0.2) is 26.9 Å². The van der Waals surface area contributed by atoms with Crippen molar-refractivity contribution in [1.82, 2.24) is 14.6 Å². The number of ketones is 1. The van der Waals surface area contributed by atoms with Crippen molar-refractivity contribution in [3.05, 3.63) is 28.6 Å². The van der Waals surface area contributed by atoms with Crippen LogP contribution in [0.1, 0.15) is 10.5 Å². The first-order valence-corrected chi connectivity index (χ1v) is 4.76. The van der Waals surface area contributed by atoms with Crippen molar-refractivity contribution in [3.8, 4) is 0 Å². The van der Waals surface area contributed by atoms with E-state index in [9.17, 15) is 4.79 Å². The summed E-state index contributed by atoms with van der Waals surface area (Å²) in [5, 5.41) is 4.03. The molecule has 0 bridgehead atoms. The number of rotatable bonds is 2. The Hall–Kier alpha value is -1.27. The summed E-state index contributed by atoms with van der Waals surface area (Å²) < 4.78 is 2.09. The van der Waals surface area contributed by atoms with E-state index in [2.05, 4.69) is 26.0 Å². The van der Waals surface area contributed by atoms with Crippen molar-refractivity contribution in [3.63, 3.8) is 0 Å². The zero-order chi connectivity index (χ0) is 10.1. The van der Waals surface area contributed by atoms with Gasteiger partial charge < -0.3 is 5.73 Å². The standard InChI is InChI=1S/C8H7BrN4O/c9-8-7(5(14)4-10)12-6-2-1-3-11-13(6)8/h1-3H,4,10H2. The molecule has 0 saturated heterocycles. The first kappa shape index (κ1) is 9.29. The summed E-state index contributed by atoms with van der Waals surface area (Å²) in [5.74, 6) is -0.206. The smallest absolute Gasteiger partial charge is 0.197 e. The second-order valence-corrected chi connectivity index (χ2v) is 3.42. The predicted octanol–water partition coefficient (Wildman–Crippen LogP) is 0.633. The minimum atomic E-state index is -0.206. The fourth-order valence-corrected chi connectivity index (χ4v) is 1.72. The molecule has 0 atom stereocenters. The molecule has 0 aliphatic carbocycles. The molecular formula is C8H7BrN4O. The zero-order valence-corrected chi connectivity index (χ0v) is 8.73. The summed E-state index contributed by atoms with van der Waals surface area (Å²) in [6.07, 6.45) is 1.62. The van der Waals surface area contributed by atoms with Crippen LogP contribution in [-0.2, 0) is 0 Å². The van der Waals surface area contributed by atoms with E-state index in [-0.39, 0.29) is 12.3 Å². The van der Waals surface area contributed by atoms with Crippen LogP contribution in [0.15, 0.2) is 22.9 Å². The maximum atomic E-state index is 11.3. The molecule has 6 heteroatoms. The largest absolute Gasteiger partial charge is 0.324 e. The summed E-state index contributed by atoms with van der Waals surface area (Å²) >= 11 is 3.25. The molecule has 2 heterocycles. The molecule has 72 valence electrons. The highest BCUT2D eigenvalue weighted by molar-refractivity contribution is 9.10. The van der Waals surface area contributed by atoms with Crippen molar-refractivity contribution >= 4 is 27.4 Å².